The van der Waals surface area contributed by atoms with E-state index in [2.05, 4.69) is 15.0 Å². The van der Waals surface area contributed by atoms with Gasteiger partial charge in [-0.15, -0.1) is 0 Å². The summed E-state index contributed by atoms with van der Waals surface area (Å²) in [5.74, 6) is 0.394. The van der Waals surface area contributed by atoms with Gasteiger partial charge in [0.25, 0.3) is 5.56 Å². The maximum absolute atomic E-state index is 11.2. The first-order valence-electron chi connectivity index (χ1n) is 4.35. The molecule has 2 rings (SSSR count). The third-order valence-electron chi connectivity index (χ3n) is 1.85. The van der Waals surface area contributed by atoms with Gasteiger partial charge in [-0.05, 0) is 19.1 Å². The summed E-state index contributed by atoms with van der Waals surface area (Å²) < 4.78 is 0. The molecule has 2 aromatic rings. The lowest BCUT2D eigenvalue weighted by molar-refractivity contribution is 1.06. The monoisotopic (exact) mass is 221 g/mol. The van der Waals surface area contributed by atoms with Crippen molar-refractivity contribution in [2.45, 2.75) is 6.92 Å². The molecule has 0 amide bonds. The van der Waals surface area contributed by atoms with Gasteiger partial charge in [0.2, 0.25) is 0 Å². The van der Waals surface area contributed by atoms with E-state index in [0.29, 0.717) is 22.2 Å². The smallest absolute Gasteiger partial charge is 0.251 e. The average molecular weight is 222 g/mol. The van der Waals surface area contributed by atoms with Crippen LogP contribution in [0.3, 0.4) is 0 Å². The number of hydrogen-bond donors (Lipinski definition) is 1. The molecule has 0 spiro atoms. The Balaban J connectivity index is 2.64. The lowest BCUT2D eigenvalue weighted by atomic mass is 10.3. The topological polar surface area (TPSA) is 58.6 Å². The minimum atomic E-state index is -0.209. The van der Waals surface area contributed by atoms with Gasteiger partial charge in [0.15, 0.2) is 5.82 Å². The molecule has 0 unspecified atom stereocenters. The van der Waals surface area contributed by atoms with Gasteiger partial charge in [0.1, 0.15) is 5.69 Å². The molecule has 2 aromatic heterocycles. The van der Waals surface area contributed by atoms with Gasteiger partial charge in [-0.2, -0.15) is 0 Å². The van der Waals surface area contributed by atoms with Crippen LogP contribution in [0.5, 0.6) is 0 Å². The van der Waals surface area contributed by atoms with Gasteiger partial charge in [-0.1, -0.05) is 11.6 Å². The Kier molecular flexibility index (Phi) is 2.51. The lowest BCUT2D eigenvalue weighted by Gasteiger charge is -2.02. The van der Waals surface area contributed by atoms with Crippen molar-refractivity contribution in [2.24, 2.45) is 0 Å². The largest absolute Gasteiger partial charge is 0.305 e. The third-order valence-corrected chi connectivity index (χ3v) is 2.16. The summed E-state index contributed by atoms with van der Waals surface area (Å²) in [4.78, 5) is 22.0. The van der Waals surface area contributed by atoms with Gasteiger partial charge < -0.3 is 4.98 Å². The van der Waals surface area contributed by atoms with E-state index < -0.39 is 0 Å². The molecule has 0 atom stereocenters. The van der Waals surface area contributed by atoms with Gasteiger partial charge in [-0.3, -0.25) is 9.78 Å². The number of aromatic amines is 1. The molecular weight excluding hydrogens is 214 g/mol. The van der Waals surface area contributed by atoms with Crippen LogP contribution in [-0.4, -0.2) is 15.0 Å². The highest BCUT2D eigenvalue weighted by atomic mass is 35.5. The summed E-state index contributed by atoms with van der Waals surface area (Å²) in [7, 11) is 0. The number of hydrogen-bond acceptors (Lipinski definition) is 3. The predicted octanol–water partition coefficient (Wildman–Crippen LogP) is 1.79. The number of rotatable bonds is 1. The number of nitrogens with one attached hydrogen (secondary N) is 1. The van der Waals surface area contributed by atoms with E-state index in [0.717, 1.165) is 0 Å². The van der Waals surface area contributed by atoms with Crippen molar-refractivity contribution >= 4 is 11.6 Å². The summed E-state index contributed by atoms with van der Waals surface area (Å²) in [5, 5.41) is 0.464. The number of H-pyrrole nitrogens is 1. The number of halogens is 1. The van der Waals surface area contributed by atoms with Crippen molar-refractivity contribution in [3.05, 3.63) is 45.5 Å². The van der Waals surface area contributed by atoms with Crippen LogP contribution in [-0.2, 0) is 0 Å². The minimum Gasteiger partial charge on any atom is -0.305 e. The molecule has 0 radical (unpaired) electrons. The van der Waals surface area contributed by atoms with E-state index in [-0.39, 0.29) is 5.56 Å². The lowest BCUT2D eigenvalue weighted by Crippen LogP contribution is -2.09. The minimum absolute atomic E-state index is 0.209. The average Bonchev–Trinajstić information content (AvgIpc) is 2.16. The Labute approximate surface area is 91.0 Å². The normalized spacial score (nSPS) is 10.3. The summed E-state index contributed by atoms with van der Waals surface area (Å²) in [6.07, 6.45) is 1.60. The van der Waals surface area contributed by atoms with Gasteiger partial charge >= 0.3 is 0 Å². The summed E-state index contributed by atoms with van der Waals surface area (Å²) in [6.45, 7) is 1.75. The zero-order chi connectivity index (χ0) is 10.8. The Morgan fingerprint density at radius 3 is 2.93 bits per heavy atom. The third kappa shape index (κ3) is 2.05. The van der Waals surface area contributed by atoms with E-state index in [9.17, 15) is 4.79 Å². The molecule has 0 aliphatic carbocycles. The van der Waals surface area contributed by atoms with Crippen LogP contribution in [0.25, 0.3) is 11.5 Å². The van der Waals surface area contributed by atoms with Crippen LogP contribution in [0, 0.1) is 6.92 Å². The van der Waals surface area contributed by atoms with E-state index in [1.807, 2.05) is 0 Å². The molecule has 0 aliphatic heterocycles. The quantitative estimate of drug-likeness (QED) is 0.799. The summed E-state index contributed by atoms with van der Waals surface area (Å²) >= 11 is 5.94. The molecule has 76 valence electrons. The van der Waals surface area contributed by atoms with Gasteiger partial charge in [-0.25, -0.2) is 4.98 Å². The highest BCUT2D eigenvalue weighted by Crippen LogP contribution is 2.20. The molecule has 4 nitrogen and oxygen atoms in total. The van der Waals surface area contributed by atoms with Gasteiger partial charge in [0, 0.05) is 18.0 Å². The molecule has 0 fully saturated rings. The number of nitrogens with zero attached hydrogens (tertiary/aromatic N) is 2. The van der Waals surface area contributed by atoms with Crippen LogP contribution in [0.2, 0.25) is 5.02 Å². The second kappa shape index (κ2) is 3.82. The van der Waals surface area contributed by atoms with Crippen LogP contribution < -0.4 is 5.56 Å². The Morgan fingerprint density at radius 2 is 2.27 bits per heavy atom. The van der Waals surface area contributed by atoms with Crippen LogP contribution in [0.1, 0.15) is 5.69 Å². The van der Waals surface area contributed by atoms with Crippen molar-refractivity contribution in [3.63, 3.8) is 0 Å². The Bertz CT molecular complexity index is 550. The predicted molar refractivity (Wildman–Crippen MR) is 57.8 cm³/mol. The zero-order valence-electron chi connectivity index (χ0n) is 7.99. The van der Waals surface area contributed by atoms with Crippen molar-refractivity contribution in [1.29, 1.82) is 0 Å². The summed E-state index contributed by atoms with van der Waals surface area (Å²) in [5.41, 5.74) is 0.912. The van der Waals surface area contributed by atoms with E-state index >= 15 is 0 Å². The van der Waals surface area contributed by atoms with Crippen LogP contribution in [0.4, 0.5) is 0 Å². The van der Waals surface area contributed by atoms with Crippen molar-refractivity contribution in [2.75, 3.05) is 0 Å². The molecule has 0 aromatic carbocycles. The molecule has 0 saturated carbocycles. The highest BCUT2D eigenvalue weighted by molar-refractivity contribution is 6.32. The van der Waals surface area contributed by atoms with E-state index in [4.69, 9.17) is 11.6 Å². The SMILES string of the molecule is Cc1cc(=O)[nH]c(-c2ncccc2Cl)n1. The van der Waals surface area contributed by atoms with E-state index in [1.165, 1.54) is 6.07 Å². The maximum atomic E-state index is 11.2. The standard InChI is InChI=1S/C10H8ClN3O/c1-6-5-8(15)14-10(13-6)9-7(11)3-2-4-12-9/h2-5H,1H3,(H,13,14,15). The fourth-order valence-corrected chi connectivity index (χ4v) is 1.46. The number of aryl methyl sites for hydroxylation is 1. The number of aromatic nitrogens is 3. The van der Waals surface area contributed by atoms with Crippen LogP contribution >= 0.6 is 11.6 Å². The molecular formula is C10H8ClN3O. The van der Waals surface area contributed by atoms with E-state index in [1.54, 1.807) is 25.3 Å². The Morgan fingerprint density at radius 1 is 1.47 bits per heavy atom. The first-order chi connectivity index (χ1) is 7.16. The van der Waals surface area contributed by atoms with Crippen LogP contribution in [0.15, 0.2) is 29.2 Å². The molecule has 15 heavy (non-hydrogen) atoms. The highest BCUT2D eigenvalue weighted by Gasteiger charge is 2.07. The Hall–Kier alpha value is -1.68. The molecule has 0 aliphatic rings. The molecule has 5 heteroatoms. The van der Waals surface area contributed by atoms with Crippen molar-refractivity contribution < 1.29 is 0 Å². The van der Waals surface area contributed by atoms with Crippen molar-refractivity contribution in [3.8, 4) is 11.5 Å². The second-order valence-corrected chi connectivity index (χ2v) is 3.48. The maximum Gasteiger partial charge on any atom is 0.251 e. The summed E-state index contributed by atoms with van der Waals surface area (Å²) in [6, 6.07) is 4.84. The van der Waals surface area contributed by atoms with Crippen molar-refractivity contribution in [1.82, 2.24) is 15.0 Å². The van der Waals surface area contributed by atoms with Gasteiger partial charge in [0.05, 0.1) is 5.02 Å². The first kappa shape index (κ1) is 9.86. The molecule has 0 saturated heterocycles. The second-order valence-electron chi connectivity index (χ2n) is 3.07. The molecule has 2 heterocycles. The first-order valence-corrected chi connectivity index (χ1v) is 4.73. The molecule has 1 N–H and O–H groups in total. The zero-order valence-corrected chi connectivity index (χ0v) is 8.75. The fraction of sp³-hybridized carbons (Fsp3) is 0.100. The molecule has 0 bridgehead atoms. The fourth-order valence-electron chi connectivity index (χ4n) is 1.25. The number of pyridine rings is 1.